The number of piperazine rings is 1. The van der Waals surface area contributed by atoms with E-state index in [4.69, 9.17) is 4.74 Å². The normalized spacial score (nSPS) is 16.4. The topological polar surface area (TPSA) is 106 Å². The highest BCUT2D eigenvalue weighted by Crippen LogP contribution is 2.27. The molecule has 210 valence electrons. The minimum atomic E-state index is -0.398. The van der Waals surface area contributed by atoms with E-state index in [1.807, 2.05) is 52.0 Å². The first-order valence-corrected chi connectivity index (χ1v) is 13.5. The number of nitrogens with zero attached hydrogens (tertiary/aromatic N) is 4. The van der Waals surface area contributed by atoms with Gasteiger partial charge < -0.3 is 25.3 Å². The number of aryl methyl sites for hydroxylation is 1. The lowest BCUT2D eigenvalue weighted by molar-refractivity contribution is 0.279. The number of aromatic amines is 2. The molecule has 1 aliphatic rings. The molecule has 1 aliphatic heterocycles. The third-order valence-electron chi connectivity index (χ3n) is 6.25. The highest BCUT2D eigenvalue weighted by molar-refractivity contribution is 5.94. The molecule has 1 unspecified atom stereocenters. The van der Waals surface area contributed by atoms with Crippen LogP contribution < -0.4 is 15.4 Å². The quantitative estimate of drug-likeness (QED) is 0.154. The molecule has 1 saturated heterocycles. The summed E-state index contributed by atoms with van der Waals surface area (Å²) in [7, 11) is 0. The summed E-state index contributed by atoms with van der Waals surface area (Å²) in [4.78, 5) is 14.2. The van der Waals surface area contributed by atoms with E-state index < -0.39 is 5.82 Å². The third-order valence-corrected chi connectivity index (χ3v) is 6.25. The van der Waals surface area contributed by atoms with Gasteiger partial charge >= 0.3 is 0 Å². The summed E-state index contributed by atoms with van der Waals surface area (Å²) in [6.07, 6.45) is 7.63. The Morgan fingerprint density at radius 1 is 1.33 bits per heavy atom. The fraction of sp³-hybridized carbons (Fsp3) is 0.414. The second-order valence-electron chi connectivity index (χ2n) is 8.95. The number of H-pyrrole nitrogens is 2. The van der Waals surface area contributed by atoms with Crippen LogP contribution in [0.15, 0.2) is 58.3 Å². The van der Waals surface area contributed by atoms with E-state index in [9.17, 15) is 4.39 Å². The number of fused-ring (bicyclic) bond motifs is 1. The van der Waals surface area contributed by atoms with Gasteiger partial charge in [-0.25, -0.2) is 14.4 Å². The van der Waals surface area contributed by atoms with E-state index in [1.165, 1.54) is 0 Å². The molecular weight excluding hydrogens is 495 g/mol. The Labute approximate surface area is 230 Å². The summed E-state index contributed by atoms with van der Waals surface area (Å²) < 4.78 is 20.7. The number of amidine groups is 1. The van der Waals surface area contributed by atoms with Crippen molar-refractivity contribution in [1.82, 2.24) is 25.4 Å². The predicted molar refractivity (Wildman–Crippen MR) is 159 cm³/mol. The Hall–Kier alpha value is -3.92. The van der Waals surface area contributed by atoms with Crippen LogP contribution in [-0.4, -0.2) is 65.0 Å². The first-order valence-electron chi connectivity index (χ1n) is 13.5. The minimum Gasteiger partial charge on any atom is -0.468 e. The van der Waals surface area contributed by atoms with Crippen molar-refractivity contribution >= 4 is 29.3 Å². The third kappa shape index (κ3) is 8.03. The molecule has 4 N–H and O–H groups in total. The van der Waals surface area contributed by atoms with Crippen molar-refractivity contribution in [2.24, 2.45) is 9.98 Å². The van der Waals surface area contributed by atoms with Gasteiger partial charge in [0.2, 0.25) is 0 Å². The molecule has 0 spiro atoms. The monoisotopic (exact) mass is 536 g/mol. The van der Waals surface area contributed by atoms with Crippen LogP contribution in [-0.2, 0) is 6.42 Å². The zero-order valence-electron chi connectivity index (χ0n) is 23.6. The number of hydrogen-bond acceptors (Lipinski definition) is 6. The van der Waals surface area contributed by atoms with Gasteiger partial charge in [-0.3, -0.25) is 5.10 Å². The van der Waals surface area contributed by atoms with Gasteiger partial charge in [-0.05, 0) is 45.2 Å². The number of allylic oxidation sites excluding steroid dienone is 2. The standard InChI is InChI=1S/C27H35FN8O.C2H6/c1-5-7-8-20-14-25(35-34-20)33-24(29-4)15-26(36-12-11-30-19(6-2)16-36)31-17-37-23-10-9-22-21(27(23)28)13-18(3)32-22;1-2/h5,7,9-10,13-15,19,30,32H,4,6,8,11-12,16-17H2,1-3H3,(H2,33,34,35);1-2H3/b7-5+,24-15+,31-26+;. The van der Waals surface area contributed by atoms with Crippen molar-refractivity contribution in [3.63, 3.8) is 0 Å². The Balaban J connectivity index is 0.00000205. The molecule has 9 nitrogen and oxygen atoms in total. The lowest BCUT2D eigenvalue weighted by Crippen LogP contribution is -2.52. The molecule has 0 saturated carbocycles. The molecule has 4 rings (SSSR count). The van der Waals surface area contributed by atoms with Crippen LogP contribution in [0.1, 0.15) is 45.5 Å². The van der Waals surface area contributed by atoms with Gasteiger partial charge in [0.15, 0.2) is 24.1 Å². The molecule has 1 atom stereocenters. The van der Waals surface area contributed by atoms with E-state index in [-0.39, 0.29) is 12.5 Å². The van der Waals surface area contributed by atoms with Crippen LogP contribution in [0.3, 0.4) is 0 Å². The van der Waals surface area contributed by atoms with Gasteiger partial charge in [0.05, 0.1) is 0 Å². The fourth-order valence-electron chi connectivity index (χ4n) is 4.26. The van der Waals surface area contributed by atoms with Gasteiger partial charge in [0.25, 0.3) is 0 Å². The second-order valence-corrected chi connectivity index (χ2v) is 8.95. The Morgan fingerprint density at radius 2 is 2.15 bits per heavy atom. The van der Waals surface area contributed by atoms with Gasteiger partial charge in [-0.1, -0.05) is 32.9 Å². The van der Waals surface area contributed by atoms with Gasteiger partial charge in [0, 0.05) is 66.5 Å². The molecule has 1 aromatic carbocycles. The van der Waals surface area contributed by atoms with Crippen LogP contribution >= 0.6 is 0 Å². The summed E-state index contributed by atoms with van der Waals surface area (Å²) in [6, 6.07) is 7.48. The van der Waals surface area contributed by atoms with E-state index in [0.717, 1.165) is 49.4 Å². The summed E-state index contributed by atoms with van der Waals surface area (Å²) in [6.45, 7) is 16.1. The number of anilines is 1. The predicted octanol–water partition coefficient (Wildman–Crippen LogP) is 5.56. The average Bonchev–Trinajstić information content (AvgIpc) is 3.58. The Bertz CT molecular complexity index is 1310. The van der Waals surface area contributed by atoms with E-state index >= 15 is 0 Å². The fourth-order valence-corrected chi connectivity index (χ4v) is 4.26. The molecule has 0 aliphatic carbocycles. The highest BCUT2D eigenvalue weighted by Gasteiger charge is 2.20. The Morgan fingerprint density at radius 3 is 2.90 bits per heavy atom. The molecule has 0 radical (unpaired) electrons. The number of nitrogens with one attached hydrogen (secondary N) is 4. The largest absolute Gasteiger partial charge is 0.468 e. The number of halogens is 1. The number of hydrogen-bond donors (Lipinski definition) is 4. The van der Waals surface area contributed by atoms with Crippen molar-refractivity contribution < 1.29 is 9.13 Å². The molecule has 2 aromatic heterocycles. The van der Waals surface area contributed by atoms with Crippen molar-refractivity contribution in [1.29, 1.82) is 0 Å². The van der Waals surface area contributed by atoms with Gasteiger partial charge in [-0.2, -0.15) is 5.10 Å². The summed E-state index contributed by atoms with van der Waals surface area (Å²) in [5, 5.41) is 14.5. The molecule has 1 fully saturated rings. The van der Waals surface area contributed by atoms with Crippen molar-refractivity contribution in [2.45, 2.75) is 53.5 Å². The molecule has 0 bridgehead atoms. The molecule has 3 aromatic rings. The number of benzene rings is 1. The molecule has 39 heavy (non-hydrogen) atoms. The summed E-state index contributed by atoms with van der Waals surface area (Å²) in [5.74, 6) is 1.58. The van der Waals surface area contributed by atoms with Crippen LogP contribution in [0.2, 0.25) is 0 Å². The maximum absolute atomic E-state index is 15.0. The van der Waals surface area contributed by atoms with E-state index in [0.29, 0.717) is 28.9 Å². The molecule has 0 amide bonds. The van der Waals surface area contributed by atoms with E-state index in [2.05, 4.69) is 60.4 Å². The Kier molecular flexibility index (Phi) is 11.3. The number of ether oxygens (including phenoxy) is 1. The van der Waals surface area contributed by atoms with Crippen LogP contribution in [0.5, 0.6) is 5.75 Å². The lowest BCUT2D eigenvalue weighted by Gasteiger charge is -2.34. The number of aliphatic imine (C=N–C) groups is 2. The second kappa shape index (κ2) is 14.9. The van der Waals surface area contributed by atoms with Crippen molar-refractivity contribution in [3.05, 3.63) is 65.5 Å². The summed E-state index contributed by atoms with van der Waals surface area (Å²) >= 11 is 0. The first-order chi connectivity index (χ1) is 19.0. The molecule has 10 heteroatoms. The number of rotatable bonds is 10. The smallest absolute Gasteiger partial charge is 0.181 e. The summed E-state index contributed by atoms with van der Waals surface area (Å²) in [5.41, 5.74) is 2.61. The molecular formula is C29H41FN8O. The van der Waals surface area contributed by atoms with Gasteiger partial charge in [-0.15, -0.1) is 0 Å². The number of aromatic nitrogens is 3. The minimum absolute atomic E-state index is 0.0429. The van der Waals surface area contributed by atoms with Crippen LogP contribution in [0.4, 0.5) is 10.2 Å². The highest BCUT2D eigenvalue weighted by atomic mass is 19.1. The van der Waals surface area contributed by atoms with Crippen LogP contribution in [0.25, 0.3) is 10.9 Å². The zero-order valence-corrected chi connectivity index (χ0v) is 23.6. The first kappa shape index (κ1) is 29.6. The maximum atomic E-state index is 15.0. The van der Waals surface area contributed by atoms with Gasteiger partial charge in [0.1, 0.15) is 11.7 Å². The van der Waals surface area contributed by atoms with Crippen LogP contribution in [0, 0.1) is 12.7 Å². The van der Waals surface area contributed by atoms with Crippen molar-refractivity contribution in [2.75, 3.05) is 31.7 Å². The van der Waals surface area contributed by atoms with Crippen molar-refractivity contribution in [3.8, 4) is 5.75 Å². The average molecular weight is 537 g/mol. The lowest BCUT2D eigenvalue weighted by atomic mass is 10.1. The maximum Gasteiger partial charge on any atom is 0.181 e. The SMILES string of the molecule is C=N/C(=C\C(=N/COc1ccc2[nH]c(C)cc2c1F)N1CCNC(CC)C1)Nc1cc(C/C=C/C)[nH]n1.CC. The van der Waals surface area contributed by atoms with E-state index in [1.54, 1.807) is 12.1 Å². The zero-order chi connectivity index (χ0) is 28.2. The molecule has 3 heterocycles.